The molecule has 1 heterocycles. The highest BCUT2D eigenvalue weighted by Gasteiger charge is 2.31. The van der Waals surface area contributed by atoms with E-state index in [1.54, 1.807) is 19.1 Å². The SMILES string of the molecule is COCCN(C)C(=O)CC1C(=O)NCCN1C/C=C/c1ccccc1. The summed E-state index contributed by atoms with van der Waals surface area (Å²) in [5.41, 5.74) is 1.12. The fourth-order valence-electron chi connectivity index (χ4n) is 2.76. The Morgan fingerprint density at radius 2 is 2.16 bits per heavy atom. The number of nitrogens with zero attached hydrogens (tertiary/aromatic N) is 2. The molecule has 1 atom stereocenters. The van der Waals surface area contributed by atoms with Crippen molar-refractivity contribution in [3.63, 3.8) is 0 Å². The lowest BCUT2D eigenvalue weighted by Crippen LogP contribution is -2.56. The summed E-state index contributed by atoms with van der Waals surface area (Å²) in [7, 11) is 3.34. The third-order valence-corrected chi connectivity index (χ3v) is 4.32. The van der Waals surface area contributed by atoms with Gasteiger partial charge in [0.1, 0.15) is 0 Å². The number of carbonyl (C=O) groups is 2. The molecule has 0 aromatic heterocycles. The molecule has 1 N–H and O–H groups in total. The standard InChI is InChI=1S/C19H27N3O3/c1-21(13-14-25-2)18(23)15-17-19(24)20-10-12-22(17)11-6-9-16-7-4-3-5-8-16/h3-9,17H,10-15H2,1-2H3,(H,20,24)/b9-6+. The van der Waals surface area contributed by atoms with Crippen LogP contribution in [0.4, 0.5) is 0 Å². The second-order valence-electron chi connectivity index (χ2n) is 6.13. The first-order valence-corrected chi connectivity index (χ1v) is 8.58. The second kappa shape index (κ2) is 9.96. The molecule has 0 bridgehead atoms. The predicted molar refractivity (Wildman–Crippen MR) is 98.0 cm³/mol. The number of amides is 2. The van der Waals surface area contributed by atoms with E-state index in [1.165, 1.54) is 0 Å². The van der Waals surface area contributed by atoms with Crippen molar-refractivity contribution in [2.75, 3.05) is 46.9 Å². The Morgan fingerprint density at radius 1 is 1.40 bits per heavy atom. The monoisotopic (exact) mass is 345 g/mol. The molecule has 1 fully saturated rings. The van der Waals surface area contributed by atoms with E-state index in [9.17, 15) is 9.59 Å². The highest BCUT2D eigenvalue weighted by molar-refractivity contribution is 5.88. The van der Waals surface area contributed by atoms with E-state index in [-0.39, 0.29) is 18.2 Å². The molecule has 2 amide bonds. The molecule has 136 valence electrons. The summed E-state index contributed by atoms with van der Waals surface area (Å²) >= 11 is 0. The number of benzene rings is 1. The van der Waals surface area contributed by atoms with Crippen LogP contribution in [-0.2, 0) is 14.3 Å². The second-order valence-corrected chi connectivity index (χ2v) is 6.13. The molecule has 0 spiro atoms. The zero-order chi connectivity index (χ0) is 18.1. The molecule has 2 rings (SSSR count). The van der Waals surface area contributed by atoms with Crippen LogP contribution in [0.5, 0.6) is 0 Å². The van der Waals surface area contributed by atoms with Gasteiger partial charge in [-0.2, -0.15) is 0 Å². The van der Waals surface area contributed by atoms with Crippen molar-refractivity contribution in [2.24, 2.45) is 0 Å². The van der Waals surface area contributed by atoms with Gasteiger partial charge in [-0.3, -0.25) is 14.5 Å². The van der Waals surface area contributed by atoms with Gasteiger partial charge in [0, 0.05) is 40.3 Å². The summed E-state index contributed by atoms with van der Waals surface area (Å²) in [5.74, 6) is -0.121. The lowest BCUT2D eigenvalue weighted by molar-refractivity contribution is -0.138. The molecule has 6 nitrogen and oxygen atoms in total. The summed E-state index contributed by atoms with van der Waals surface area (Å²) in [4.78, 5) is 28.3. The number of methoxy groups -OCH3 is 1. The average Bonchev–Trinajstić information content (AvgIpc) is 2.63. The van der Waals surface area contributed by atoms with Gasteiger partial charge in [0.05, 0.1) is 19.1 Å². The maximum Gasteiger partial charge on any atom is 0.237 e. The van der Waals surface area contributed by atoms with Gasteiger partial charge >= 0.3 is 0 Å². The Bertz CT molecular complexity index is 589. The van der Waals surface area contributed by atoms with E-state index in [0.29, 0.717) is 26.2 Å². The molecule has 1 aliphatic rings. The number of rotatable bonds is 8. The highest BCUT2D eigenvalue weighted by atomic mass is 16.5. The Labute approximate surface area is 149 Å². The average molecular weight is 345 g/mol. The van der Waals surface area contributed by atoms with Crippen LogP contribution in [0.15, 0.2) is 36.4 Å². The zero-order valence-electron chi connectivity index (χ0n) is 15.0. The number of likely N-dealkylation sites (N-methyl/N-ethyl adjacent to an activating group) is 1. The first-order valence-electron chi connectivity index (χ1n) is 8.58. The molecular weight excluding hydrogens is 318 g/mol. The van der Waals surface area contributed by atoms with Crippen LogP contribution in [0.3, 0.4) is 0 Å². The maximum atomic E-state index is 12.3. The van der Waals surface area contributed by atoms with Gasteiger partial charge < -0.3 is 15.0 Å². The summed E-state index contributed by atoms with van der Waals surface area (Å²) in [6.45, 7) is 3.01. The smallest absolute Gasteiger partial charge is 0.237 e. The Hall–Kier alpha value is -2.18. The minimum atomic E-state index is -0.424. The molecule has 1 aromatic carbocycles. The number of carbonyl (C=O) groups excluding carboxylic acids is 2. The first kappa shape index (κ1) is 19.1. The van der Waals surface area contributed by atoms with Gasteiger partial charge in [-0.1, -0.05) is 42.5 Å². The Kier molecular flexibility index (Phi) is 7.63. The fourth-order valence-corrected chi connectivity index (χ4v) is 2.76. The molecule has 1 aliphatic heterocycles. The molecule has 0 radical (unpaired) electrons. The van der Waals surface area contributed by atoms with Gasteiger partial charge in [-0.15, -0.1) is 0 Å². The van der Waals surface area contributed by atoms with E-state index in [2.05, 4.69) is 10.2 Å². The summed E-state index contributed by atoms with van der Waals surface area (Å²) in [6.07, 6.45) is 4.27. The molecule has 6 heteroatoms. The van der Waals surface area contributed by atoms with Crippen LogP contribution in [0.1, 0.15) is 12.0 Å². The first-order chi connectivity index (χ1) is 12.1. The van der Waals surface area contributed by atoms with Crippen molar-refractivity contribution < 1.29 is 14.3 Å². The molecule has 1 unspecified atom stereocenters. The van der Waals surface area contributed by atoms with E-state index < -0.39 is 6.04 Å². The van der Waals surface area contributed by atoms with Crippen LogP contribution in [0, 0.1) is 0 Å². The Morgan fingerprint density at radius 3 is 2.88 bits per heavy atom. The van der Waals surface area contributed by atoms with E-state index in [0.717, 1.165) is 12.1 Å². The molecule has 25 heavy (non-hydrogen) atoms. The third kappa shape index (κ3) is 5.99. The van der Waals surface area contributed by atoms with E-state index in [4.69, 9.17) is 4.74 Å². The maximum absolute atomic E-state index is 12.3. The molecule has 0 aliphatic carbocycles. The van der Waals surface area contributed by atoms with Crippen LogP contribution in [0.2, 0.25) is 0 Å². The minimum Gasteiger partial charge on any atom is -0.383 e. The number of nitrogens with one attached hydrogen (secondary N) is 1. The lowest BCUT2D eigenvalue weighted by Gasteiger charge is -2.34. The van der Waals surface area contributed by atoms with Crippen molar-refractivity contribution in [3.8, 4) is 0 Å². The number of hydrogen-bond acceptors (Lipinski definition) is 4. The fraction of sp³-hybridized carbons (Fsp3) is 0.474. The van der Waals surface area contributed by atoms with Gasteiger partial charge in [0.25, 0.3) is 0 Å². The predicted octanol–water partition coefficient (Wildman–Crippen LogP) is 0.995. The number of ether oxygens (including phenoxy) is 1. The lowest BCUT2D eigenvalue weighted by atomic mass is 10.1. The van der Waals surface area contributed by atoms with E-state index >= 15 is 0 Å². The van der Waals surface area contributed by atoms with E-state index in [1.807, 2.05) is 42.5 Å². The van der Waals surface area contributed by atoms with Crippen LogP contribution < -0.4 is 5.32 Å². The topological polar surface area (TPSA) is 61.9 Å². The molecule has 1 saturated heterocycles. The summed E-state index contributed by atoms with van der Waals surface area (Å²) < 4.78 is 5.00. The van der Waals surface area contributed by atoms with Gasteiger partial charge in [-0.05, 0) is 5.56 Å². The number of piperazine rings is 1. The largest absolute Gasteiger partial charge is 0.383 e. The number of hydrogen-bond donors (Lipinski definition) is 1. The summed E-state index contributed by atoms with van der Waals surface area (Å²) in [6, 6.07) is 9.60. The quantitative estimate of drug-likeness (QED) is 0.763. The van der Waals surface area contributed by atoms with Crippen molar-refractivity contribution in [1.29, 1.82) is 0 Å². The summed E-state index contributed by atoms with van der Waals surface area (Å²) in [5, 5.41) is 2.86. The van der Waals surface area contributed by atoms with Gasteiger partial charge in [-0.25, -0.2) is 0 Å². The Balaban J connectivity index is 1.94. The minimum absolute atomic E-state index is 0.0452. The van der Waals surface area contributed by atoms with Crippen molar-refractivity contribution in [3.05, 3.63) is 42.0 Å². The van der Waals surface area contributed by atoms with Crippen molar-refractivity contribution in [2.45, 2.75) is 12.5 Å². The van der Waals surface area contributed by atoms with Crippen LogP contribution >= 0.6 is 0 Å². The van der Waals surface area contributed by atoms with Crippen molar-refractivity contribution in [1.82, 2.24) is 15.1 Å². The third-order valence-electron chi connectivity index (χ3n) is 4.32. The van der Waals surface area contributed by atoms with Crippen LogP contribution in [-0.4, -0.2) is 74.6 Å². The molecule has 1 aromatic rings. The normalized spacial score (nSPS) is 18.3. The van der Waals surface area contributed by atoms with Gasteiger partial charge in [0.2, 0.25) is 11.8 Å². The van der Waals surface area contributed by atoms with Gasteiger partial charge in [0.15, 0.2) is 0 Å². The van der Waals surface area contributed by atoms with Crippen LogP contribution in [0.25, 0.3) is 6.08 Å². The molecular formula is C19H27N3O3. The van der Waals surface area contributed by atoms with Crippen molar-refractivity contribution >= 4 is 17.9 Å². The molecule has 0 saturated carbocycles. The zero-order valence-corrected chi connectivity index (χ0v) is 15.0. The highest BCUT2D eigenvalue weighted by Crippen LogP contribution is 2.11.